The van der Waals surface area contributed by atoms with Gasteiger partial charge in [-0.05, 0) is 37.9 Å². The van der Waals surface area contributed by atoms with Gasteiger partial charge in [0.2, 0.25) is 0 Å². The summed E-state index contributed by atoms with van der Waals surface area (Å²) < 4.78 is 0. The van der Waals surface area contributed by atoms with Crippen LogP contribution in [0.1, 0.15) is 32.3 Å². The molecular formula is C19H33IN4. The third-order valence-electron chi connectivity index (χ3n) is 4.76. The van der Waals surface area contributed by atoms with Gasteiger partial charge in [0.05, 0.1) is 0 Å². The molecule has 136 valence electrons. The summed E-state index contributed by atoms with van der Waals surface area (Å²) in [5.74, 6) is 1.62. The Balaban J connectivity index is 0.00000288. The summed E-state index contributed by atoms with van der Waals surface area (Å²) >= 11 is 0. The molecule has 0 aliphatic carbocycles. The van der Waals surface area contributed by atoms with E-state index >= 15 is 0 Å². The number of hydrogen-bond donors (Lipinski definition) is 2. The standard InChI is InChI=1S/C19H32N4.HI/c1-19(2,17-10-6-5-7-11-17)15-22-18(20-3)21-13-16-9-8-12-23(4)14-16;/h5-7,10-11,16H,8-9,12-15H2,1-4H3,(H2,20,21,22);1H. The summed E-state index contributed by atoms with van der Waals surface area (Å²) in [7, 11) is 4.06. The van der Waals surface area contributed by atoms with E-state index in [9.17, 15) is 0 Å². The molecule has 1 unspecified atom stereocenters. The molecule has 2 N–H and O–H groups in total. The molecule has 1 aliphatic rings. The molecular weight excluding hydrogens is 411 g/mol. The van der Waals surface area contributed by atoms with E-state index in [1.807, 2.05) is 7.05 Å². The van der Waals surface area contributed by atoms with Crippen LogP contribution < -0.4 is 10.6 Å². The lowest BCUT2D eigenvalue weighted by atomic mass is 9.85. The molecule has 0 saturated carbocycles. The number of halogens is 1. The predicted octanol–water partition coefficient (Wildman–Crippen LogP) is 3.09. The highest BCUT2D eigenvalue weighted by atomic mass is 127. The van der Waals surface area contributed by atoms with Gasteiger partial charge in [-0.15, -0.1) is 24.0 Å². The maximum atomic E-state index is 4.37. The second-order valence-corrected chi connectivity index (χ2v) is 7.33. The van der Waals surface area contributed by atoms with Crippen LogP contribution in [-0.2, 0) is 5.41 Å². The van der Waals surface area contributed by atoms with Gasteiger partial charge >= 0.3 is 0 Å². The maximum Gasteiger partial charge on any atom is 0.191 e. The van der Waals surface area contributed by atoms with E-state index in [-0.39, 0.29) is 29.4 Å². The molecule has 4 nitrogen and oxygen atoms in total. The number of piperidine rings is 1. The molecule has 1 aromatic rings. The Labute approximate surface area is 164 Å². The van der Waals surface area contributed by atoms with Crippen molar-refractivity contribution < 1.29 is 0 Å². The van der Waals surface area contributed by atoms with E-state index in [1.165, 1.54) is 31.5 Å². The van der Waals surface area contributed by atoms with Crippen LogP contribution in [0.25, 0.3) is 0 Å². The number of rotatable bonds is 5. The molecule has 0 aromatic heterocycles. The minimum atomic E-state index is 0. The number of hydrogen-bond acceptors (Lipinski definition) is 2. The van der Waals surface area contributed by atoms with Crippen molar-refractivity contribution in [3.63, 3.8) is 0 Å². The highest BCUT2D eigenvalue weighted by molar-refractivity contribution is 14.0. The highest BCUT2D eigenvalue weighted by Crippen LogP contribution is 2.21. The van der Waals surface area contributed by atoms with E-state index in [0.29, 0.717) is 0 Å². The summed E-state index contributed by atoms with van der Waals surface area (Å²) in [6.07, 6.45) is 2.61. The Hall–Kier alpha value is -0.820. The fraction of sp³-hybridized carbons (Fsp3) is 0.632. The number of benzene rings is 1. The van der Waals surface area contributed by atoms with Crippen LogP contribution in [0.4, 0.5) is 0 Å². The normalized spacial score (nSPS) is 19.5. The summed E-state index contributed by atoms with van der Waals surface area (Å²) in [6.45, 7) is 8.79. The Bertz CT molecular complexity index is 501. The molecule has 1 fully saturated rings. The average Bonchev–Trinajstić information content (AvgIpc) is 2.56. The van der Waals surface area contributed by atoms with Gasteiger partial charge in [0, 0.05) is 32.1 Å². The Morgan fingerprint density at radius 1 is 1.25 bits per heavy atom. The molecule has 0 bridgehead atoms. The number of likely N-dealkylation sites (tertiary alicyclic amines) is 1. The summed E-state index contributed by atoms with van der Waals surface area (Å²) in [4.78, 5) is 6.79. The second-order valence-electron chi connectivity index (χ2n) is 7.33. The van der Waals surface area contributed by atoms with Crippen molar-refractivity contribution in [2.45, 2.75) is 32.1 Å². The monoisotopic (exact) mass is 444 g/mol. The van der Waals surface area contributed by atoms with Crippen molar-refractivity contribution >= 4 is 29.9 Å². The van der Waals surface area contributed by atoms with Crippen LogP contribution in [0.2, 0.25) is 0 Å². The fourth-order valence-corrected chi connectivity index (χ4v) is 3.20. The number of aliphatic imine (C=N–C) groups is 1. The van der Waals surface area contributed by atoms with Gasteiger partial charge in [-0.1, -0.05) is 44.2 Å². The van der Waals surface area contributed by atoms with E-state index in [1.54, 1.807) is 0 Å². The third-order valence-corrected chi connectivity index (χ3v) is 4.76. The molecule has 2 rings (SSSR count). The van der Waals surface area contributed by atoms with E-state index in [2.05, 4.69) is 71.8 Å². The van der Waals surface area contributed by atoms with Gasteiger partial charge in [-0.2, -0.15) is 0 Å². The highest BCUT2D eigenvalue weighted by Gasteiger charge is 2.21. The lowest BCUT2D eigenvalue weighted by Gasteiger charge is -2.31. The first kappa shape index (κ1) is 21.2. The van der Waals surface area contributed by atoms with Crippen molar-refractivity contribution in [2.24, 2.45) is 10.9 Å². The Morgan fingerprint density at radius 3 is 2.58 bits per heavy atom. The molecule has 1 atom stereocenters. The first-order chi connectivity index (χ1) is 11.0. The van der Waals surface area contributed by atoms with Gasteiger partial charge in [0.25, 0.3) is 0 Å². The maximum absolute atomic E-state index is 4.37. The lowest BCUT2D eigenvalue weighted by molar-refractivity contribution is 0.210. The third kappa shape index (κ3) is 6.59. The molecule has 24 heavy (non-hydrogen) atoms. The molecule has 1 heterocycles. The van der Waals surface area contributed by atoms with Gasteiger partial charge in [0.15, 0.2) is 5.96 Å². The van der Waals surface area contributed by atoms with Crippen LogP contribution in [0, 0.1) is 5.92 Å². The summed E-state index contributed by atoms with van der Waals surface area (Å²) in [5, 5.41) is 6.98. The molecule has 1 aliphatic heterocycles. The minimum absolute atomic E-state index is 0. The summed E-state index contributed by atoms with van der Waals surface area (Å²) in [5.41, 5.74) is 1.42. The van der Waals surface area contributed by atoms with Crippen molar-refractivity contribution in [1.29, 1.82) is 0 Å². The van der Waals surface area contributed by atoms with Crippen molar-refractivity contribution in [2.75, 3.05) is 40.3 Å². The topological polar surface area (TPSA) is 39.7 Å². The van der Waals surface area contributed by atoms with Gasteiger partial charge in [-0.3, -0.25) is 4.99 Å². The van der Waals surface area contributed by atoms with Gasteiger partial charge in [0.1, 0.15) is 0 Å². The van der Waals surface area contributed by atoms with Crippen LogP contribution in [-0.4, -0.2) is 51.1 Å². The zero-order valence-electron chi connectivity index (χ0n) is 15.5. The largest absolute Gasteiger partial charge is 0.356 e. The molecule has 1 aromatic carbocycles. The number of nitrogens with one attached hydrogen (secondary N) is 2. The van der Waals surface area contributed by atoms with Gasteiger partial charge < -0.3 is 15.5 Å². The average molecular weight is 444 g/mol. The molecule has 0 spiro atoms. The number of nitrogens with zero attached hydrogens (tertiary/aromatic N) is 2. The fourth-order valence-electron chi connectivity index (χ4n) is 3.20. The SMILES string of the molecule is CN=C(NCC1CCCN(C)C1)NCC(C)(C)c1ccccc1.I. The minimum Gasteiger partial charge on any atom is -0.356 e. The van der Waals surface area contributed by atoms with E-state index < -0.39 is 0 Å². The molecule has 1 saturated heterocycles. The predicted molar refractivity (Wildman–Crippen MR) is 114 cm³/mol. The van der Waals surface area contributed by atoms with Gasteiger partial charge in [-0.25, -0.2) is 0 Å². The molecule has 0 radical (unpaired) electrons. The molecule has 5 heteroatoms. The second kappa shape index (κ2) is 10.2. The van der Waals surface area contributed by atoms with Crippen molar-refractivity contribution in [1.82, 2.24) is 15.5 Å². The first-order valence-corrected chi connectivity index (χ1v) is 8.70. The smallest absolute Gasteiger partial charge is 0.191 e. The van der Waals surface area contributed by atoms with Crippen LogP contribution >= 0.6 is 24.0 Å². The van der Waals surface area contributed by atoms with E-state index in [4.69, 9.17) is 0 Å². The molecule has 0 amide bonds. The zero-order valence-corrected chi connectivity index (χ0v) is 17.8. The quantitative estimate of drug-likeness (QED) is 0.417. The Kier molecular flexibility index (Phi) is 9.05. The summed E-state index contributed by atoms with van der Waals surface area (Å²) in [6, 6.07) is 10.6. The lowest BCUT2D eigenvalue weighted by Crippen LogP contribution is -2.46. The van der Waals surface area contributed by atoms with Crippen LogP contribution in [0.5, 0.6) is 0 Å². The first-order valence-electron chi connectivity index (χ1n) is 8.70. The van der Waals surface area contributed by atoms with Crippen molar-refractivity contribution in [3.05, 3.63) is 35.9 Å². The number of guanidine groups is 1. The van der Waals surface area contributed by atoms with Crippen molar-refractivity contribution in [3.8, 4) is 0 Å². The zero-order chi connectivity index (χ0) is 16.7. The Morgan fingerprint density at radius 2 is 1.96 bits per heavy atom. The van der Waals surface area contributed by atoms with E-state index in [0.717, 1.165) is 25.0 Å². The van der Waals surface area contributed by atoms with Crippen LogP contribution in [0.15, 0.2) is 35.3 Å². The van der Waals surface area contributed by atoms with Crippen LogP contribution in [0.3, 0.4) is 0 Å².